The molecule has 1 fully saturated rings. The van der Waals surface area contributed by atoms with Crippen molar-refractivity contribution < 1.29 is 9.53 Å². The van der Waals surface area contributed by atoms with Crippen molar-refractivity contribution in [3.63, 3.8) is 0 Å². The minimum Gasteiger partial charge on any atom is -0.381 e. The van der Waals surface area contributed by atoms with Gasteiger partial charge in [0, 0.05) is 41.9 Å². The molecule has 2 aromatic carbocycles. The van der Waals surface area contributed by atoms with Crippen molar-refractivity contribution in [3.8, 4) is 0 Å². The van der Waals surface area contributed by atoms with E-state index < -0.39 is 0 Å². The summed E-state index contributed by atoms with van der Waals surface area (Å²) in [5, 5.41) is 0.678. The molecule has 4 aromatic rings. The van der Waals surface area contributed by atoms with Gasteiger partial charge in [-0.1, -0.05) is 24.9 Å². The molecule has 7 nitrogen and oxygen atoms in total. The fourth-order valence-electron chi connectivity index (χ4n) is 5.53. The molecule has 1 N–H and O–H groups in total. The second kappa shape index (κ2) is 8.81. The maximum absolute atomic E-state index is 13.8. The van der Waals surface area contributed by atoms with Crippen LogP contribution in [0, 0.1) is 0 Å². The molecule has 2 aliphatic heterocycles. The van der Waals surface area contributed by atoms with Crippen molar-refractivity contribution in [3.05, 3.63) is 74.4 Å². The molecule has 2 aliphatic rings. The zero-order chi connectivity index (χ0) is 24.1. The van der Waals surface area contributed by atoms with Crippen molar-refractivity contribution in [1.29, 1.82) is 0 Å². The minimum atomic E-state index is -0.203. The monoisotopic (exact) mass is 490 g/mol. The van der Waals surface area contributed by atoms with Gasteiger partial charge < -0.3 is 14.6 Å². The van der Waals surface area contributed by atoms with Gasteiger partial charge in [-0.2, -0.15) is 0 Å². The Kier molecular flexibility index (Phi) is 5.61. The zero-order valence-electron chi connectivity index (χ0n) is 19.6. The van der Waals surface area contributed by atoms with Crippen LogP contribution >= 0.6 is 11.6 Å². The smallest absolute Gasteiger partial charge is 0.274 e. The van der Waals surface area contributed by atoms with Crippen LogP contribution in [0.5, 0.6) is 0 Å². The maximum atomic E-state index is 13.8. The Morgan fingerprint density at radius 2 is 2.03 bits per heavy atom. The van der Waals surface area contributed by atoms with Crippen LogP contribution in [-0.2, 0) is 17.6 Å². The SMILES string of the molecule is CCCc1cc2c(cc1C(=O)N1CCc3cc(Cl)ccc31)[nH]c(=O)c1cnc(C3CCOCC3)n12. The topological polar surface area (TPSA) is 79.7 Å². The van der Waals surface area contributed by atoms with E-state index in [1.165, 1.54) is 0 Å². The molecule has 2 aromatic heterocycles. The average molecular weight is 491 g/mol. The van der Waals surface area contributed by atoms with Gasteiger partial charge in [-0.15, -0.1) is 0 Å². The van der Waals surface area contributed by atoms with Gasteiger partial charge >= 0.3 is 0 Å². The highest BCUT2D eigenvalue weighted by molar-refractivity contribution is 6.30. The number of hydrogen-bond acceptors (Lipinski definition) is 4. The molecule has 0 aliphatic carbocycles. The lowest BCUT2D eigenvalue weighted by atomic mass is 9.98. The molecule has 0 atom stereocenters. The predicted molar refractivity (Wildman–Crippen MR) is 137 cm³/mol. The summed E-state index contributed by atoms with van der Waals surface area (Å²) in [6, 6.07) is 9.59. The van der Waals surface area contributed by atoms with Gasteiger partial charge in [-0.05, 0) is 67.1 Å². The number of nitrogens with one attached hydrogen (secondary N) is 1. The van der Waals surface area contributed by atoms with Crippen LogP contribution in [-0.4, -0.2) is 40.0 Å². The Hall–Kier alpha value is -3.16. The number of imidazole rings is 1. The van der Waals surface area contributed by atoms with E-state index in [1.54, 1.807) is 6.20 Å². The number of fused-ring (bicyclic) bond motifs is 4. The van der Waals surface area contributed by atoms with Gasteiger partial charge in [0.1, 0.15) is 11.3 Å². The Morgan fingerprint density at radius 3 is 2.83 bits per heavy atom. The number of ether oxygens (including phenoxy) is 1. The van der Waals surface area contributed by atoms with Crippen LogP contribution in [0.1, 0.15) is 59.4 Å². The van der Waals surface area contributed by atoms with Crippen LogP contribution < -0.4 is 10.5 Å². The number of hydrogen-bond donors (Lipinski definition) is 1. The number of H-pyrrole nitrogens is 1. The minimum absolute atomic E-state index is 0.0485. The van der Waals surface area contributed by atoms with E-state index in [0.29, 0.717) is 41.4 Å². The molecule has 8 heteroatoms. The highest BCUT2D eigenvalue weighted by Gasteiger charge is 2.28. The first-order chi connectivity index (χ1) is 17.0. The molecule has 1 saturated heterocycles. The number of aromatic amines is 1. The number of anilines is 1. The third-order valence-corrected chi connectivity index (χ3v) is 7.49. The summed E-state index contributed by atoms with van der Waals surface area (Å²) in [6.45, 7) is 4.12. The number of carbonyl (C=O) groups is 1. The second-order valence-electron chi connectivity index (χ2n) is 9.43. The van der Waals surface area contributed by atoms with Crippen molar-refractivity contribution in [2.45, 2.75) is 44.9 Å². The molecule has 6 rings (SSSR count). The summed E-state index contributed by atoms with van der Waals surface area (Å²) >= 11 is 6.17. The quantitative estimate of drug-likeness (QED) is 0.442. The predicted octanol–water partition coefficient (Wildman–Crippen LogP) is 4.88. The van der Waals surface area contributed by atoms with Crippen LogP contribution in [0.3, 0.4) is 0 Å². The number of aromatic nitrogens is 3. The third kappa shape index (κ3) is 3.74. The van der Waals surface area contributed by atoms with Crippen LogP contribution in [0.2, 0.25) is 5.02 Å². The summed E-state index contributed by atoms with van der Waals surface area (Å²) in [7, 11) is 0. The van der Waals surface area contributed by atoms with E-state index in [-0.39, 0.29) is 17.4 Å². The molecule has 0 unspecified atom stereocenters. The van der Waals surface area contributed by atoms with Crippen LogP contribution in [0.25, 0.3) is 16.6 Å². The second-order valence-corrected chi connectivity index (χ2v) is 9.87. The van der Waals surface area contributed by atoms with Crippen LogP contribution in [0.15, 0.2) is 41.3 Å². The fourth-order valence-corrected chi connectivity index (χ4v) is 5.72. The fraction of sp³-hybridized carbons (Fsp3) is 0.370. The van der Waals surface area contributed by atoms with E-state index in [2.05, 4.69) is 23.0 Å². The number of rotatable bonds is 4. The van der Waals surface area contributed by atoms with Gasteiger partial charge in [0.15, 0.2) is 0 Å². The Balaban J connectivity index is 1.51. The summed E-state index contributed by atoms with van der Waals surface area (Å²) in [4.78, 5) is 36.3. The molecule has 35 heavy (non-hydrogen) atoms. The molecule has 0 bridgehead atoms. The van der Waals surface area contributed by atoms with Crippen molar-refractivity contribution >= 4 is 39.7 Å². The Labute approximate surface area is 207 Å². The van der Waals surface area contributed by atoms with E-state index in [4.69, 9.17) is 16.3 Å². The maximum Gasteiger partial charge on any atom is 0.274 e. The first-order valence-corrected chi connectivity index (χ1v) is 12.7. The number of nitrogens with zero attached hydrogens (tertiary/aromatic N) is 3. The van der Waals surface area contributed by atoms with Gasteiger partial charge in [-0.25, -0.2) is 4.98 Å². The van der Waals surface area contributed by atoms with Crippen LogP contribution in [0.4, 0.5) is 5.69 Å². The molecular formula is C27H27ClN4O3. The van der Waals surface area contributed by atoms with Gasteiger partial charge in [0.05, 0.1) is 17.2 Å². The van der Waals surface area contributed by atoms with Gasteiger partial charge in [-0.3, -0.25) is 14.0 Å². The Morgan fingerprint density at radius 1 is 1.20 bits per heavy atom. The number of aryl methyl sites for hydroxylation is 1. The first kappa shape index (κ1) is 22.3. The molecule has 1 amide bonds. The van der Waals surface area contributed by atoms with Crippen molar-refractivity contribution in [1.82, 2.24) is 14.4 Å². The van der Waals surface area contributed by atoms with Crippen molar-refractivity contribution in [2.24, 2.45) is 0 Å². The number of halogens is 1. The van der Waals surface area contributed by atoms with Crippen molar-refractivity contribution in [2.75, 3.05) is 24.7 Å². The summed E-state index contributed by atoms with van der Waals surface area (Å²) in [5.41, 5.74) is 5.45. The highest BCUT2D eigenvalue weighted by Crippen LogP contribution is 2.33. The highest BCUT2D eigenvalue weighted by atomic mass is 35.5. The lowest BCUT2D eigenvalue weighted by molar-refractivity contribution is 0.0835. The lowest BCUT2D eigenvalue weighted by Gasteiger charge is -2.22. The third-order valence-electron chi connectivity index (χ3n) is 7.25. The number of amides is 1. The first-order valence-electron chi connectivity index (χ1n) is 12.3. The van der Waals surface area contributed by atoms with E-state index in [1.807, 2.05) is 33.6 Å². The molecule has 4 heterocycles. The lowest BCUT2D eigenvalue weighted by Crippen LogP contribution is -2.30. The molecule has 180 valence electrons. The Bertz CT molecular complexity index is 1520. The summed E-state index contributed by atoms with van der Waals surface area (Å²) < 4.78 is 7.53. The molecule has 0 spiro atoms. The summed E-state index contributed by atoms with van der Waals surface area (Å²) in [6.07, 6.45) is 5.86. The average Bonchev–Trinajstić information content (AvgIpc) is 3.49. The zero-order valence-corrected chi connectivity index (χ0v) is 20.4. The molecular weight excluding hydrogens is 464 g/mol. The van der Waals surface area contributed by atoms with E-state index in [9.17, 15) is 9.59 Å². The number of benzene rings is 2. The van der Waals surface area contributed by atoms with E-state index in [0.717, 1.165) is 60.3 Å². The normalized spacial score (nSPS) is 16.3. The summed E-state index contributed by atoms with van der Waals surface area (Å²) in [5.74, 6) is 1.08. The largest absolute Gasteiger partial charge is 0.381 e. The van der Waals surface area contributed by atoms with Gasteiger partial charge in [0.2, 0.25) is 0 Å². The van der Waals surface area contributed by atoms with E-state index >= 15 is 0 Å². The molecule has 0 radical (unpaired) electrons. The number of carbonyl (C=O) groups excluding carboxylic acids is 1. The van der Waals surface area contributed by atoms with Gasteiger partial charge in [0.25, 0.3) is 11.5 Å². The molecule has 0 saturated carbocycles. The standard InChI is InChI=1S/C27H27ClN4O3/c1-2-3-17-13-23-21(14-20(17)27(34)31-9-6-18-12-19(28)4-5-22(18)31)30-26(33)24-15-29-25(32(23)24)16-7-10-35-11-8-16/h4-5,12-16H,2-3,6-11H2,1H3,(H,30,33).